The summed E-state index contributed by atoms with van der Waals surface area (Å²) in [6.45, 7) is 6.27. The molecule has 0 aliphatic carbocycles. The zero-order valence-corrected chi connectivity index (χ0v) is 10.4. The fourth-order valence-corrected chi connectivity index (χ4v) is 2.22. The summed E-state index contributed by atoms with van der Waals surface area (Å²) in [7, 11) is 2.05. The van der Waals surface area contributed by atoms with E-state index in [1.54, 1.807) is 0 Å². The van der Waals surface area contributed by atoms with Crippen LogP contribution in [0, 0.1) is 20.8 Å². The minimum atomic E-state index is 1.05. The van der Waals surface area contributed by atoms with E-state index in [-0.39, 0.29) is 0 Å². The van der Waals surface area contributed by atoms with Crippen LogP contribution in [0.3, 0.4) is 0 Å². The molecular weight excluding hydrogens is 240 g/mol. The van der Waals surface area contributed by atoms with Gasteiger partial charge in [0, 0.05) is 11.5 Å². The lowest BCUT2D eigenvalue weighted by molar-refractivity contribution is 0.885. The molecule has 0 saturated carbocycles. The number of aryl methyl sites for hydroxylation is 3. The van der Waals surface area contributed by atoms with Gasteiger partial charge < -0.3 is 4.57 Å². The fraction of sp³-hybridized carbons (Fsp3) is 0.364. The molecule has 0 fully saturated rings. The first-order chi connectivity index (χ1) is 6.52. The molecule has 3 heteroatoms. The Morgan fingerprint density at radius 2 is 1.93 bits per heavy atom. The summed E-state index contributed by atoms with van der Waals surface area (Å²) in [6.07, 6.45) is 0. The summed E-state index contributed by atoms with van der Waals surface area (Å²) in [5.41, 5.74) is 4.83. The third-order valence-corrected chi connectivity index (χ3v) is 3.82. The average molecular weight is 253 g/mol. The number of imidazole rings is 1. The molecular formula is C11H13BrN2. The summed E-state index contributed by atoms with van der Waals surface area (Å²) in [5, 5.41) is 0. The van der Waals surface area contributed by atoms with Crippen LogP contribution in [0.2, 0.25) is 0 Å². The molecule has 2 aromatic rings. The predicted octanol–water partition coefficient (Wildman–Crippen LogP) is 3.26. The van der Waals surface area contributed by atoms with Gasteiger partial charge in [-0.2, -0.15) is 0 Å². The molecule has 2 rings (SSSR count). The van der Waals surface area contributed by atoms with Crippen molar-refractivity contribution < 1.29 is 0 Å². The molecule has 2 nitrogen and oxygen atoms in total. The van der Waals surface area contributed by atoms with E-state index >= 15 is 0 Å². The highest BCUT2D eigenvalue weighted by atomic mass is 79.9. The molecule has 0 bridgehead atoms. The number of aromatic nitrogens is 2. The molecule has 1 aromatic carbocycles. The van der Waals surface area contributed by atoms with E-state index in [9.17, 15) is 0 Å². The van der Waals surface area contributed by atoms with E-state index in [4.69, 9.17) is 0 Å². The Kier molecular flexibility index (Phi) is 2.14. The maximum atomic E-state index is 4.53. The Hall–Kier alpha value is -0.830. The second kappa shape index (κ2) is 3.09. The monoisotopic (exact) mass is 252 g/mol. The fourth-order valence-electron chi connectivity index (χ4n) is 1.62. The van der Waals surface area contributed by atoms with Gasteiger partial charge in [0.05, 0.1) is 5.52 Å². The molecule has 0 aliphatic heterocycles. The van der Waals surface area contributed by atoms with E-state index in [1.807, 2.05) is 14.0 Å². The Labute approximate surface area is 92.1 Å². The summed E-state index contributed by atoms with van der Waals surface area (Å²) in [4.78, 5) is 4.53. The normalized spacial score (nSPS) is 11.2. The number of fused-ring (bicyclic) bond motifs is 1. The van der Waals surface area contributed by atoms with Crippen LogP contribution in [-0.4, -0.2) is 9.55 Å². The largest absolute Gasteiger partial charge is 0.331 e. The first-order valence-electron chi connectivity index (χ1n) is 4.61. The van der Waals surface area contributed by atoms with Crippen molar-refractivity contribution in [3.63, 3.8) is 0 Å². The van der Waals surface area contributed by atoms with Crippen LogP contribution in [0.15, 0.2) is 10.5 Å². The van der Waals surface area contributed by atoms with Crippen molar-refractivity contribution in [2.24, 2.45) is 7.05 Å². The smallest absolute Gasteiger partial charge is 0.106 e. The lowest BCUT2D eigenvalue weighted by atomic mass is 10.1. The van der Waals surface area contributed by atoms with Crippen LogP contribution >= 0.6 is 15.9 Å². The Bertz CT molecular complexity index is 512. The first kappa shape index (κ1) is 9.71. The van der Waals surface area contributed by atoms with Gasteiger partial charge in [-0.1, -0.05) is 0 Å². The van der Waals surface area contributed by atoms with Crippen molar-refractivity contribution in [3.8, 4) is 0 Å². The highest BCUT2D eigenvalue weighted by Crippen LogP contribution is 2.29. The van der Waals surface area contributed by atoms with Gasteiger partial charge in [0.15, 0.2) is 0 Å². The van der Waals surface area contributed by atoms with Crippen LogP contribution < -0.4 is 0 Å². The van der Waals surface area contributed by atoms with Gasteiger partial charge in [0.25, 0.3) is 0 Å². The van der Waals surface area contributed by atoms with Crippen LogP contribution in [0.1, 0.15) is 17.0 Å². The van der Waals surface area contributed by atoms with Crippen molar-refractivity contribution in [1.29, 1.82) is 0 Å². The maximum Gasteiger partial charge on any atom is 0.106 e. The third-order valence-electron chi connectivity index (χ3n) is 2.84. The quantitative estimate of drug-likeness (QED) is 0.704. The molecule has 14 heavy (non-hydrogen) atoms. The number of hydrogen-bond acceptors (Lipinski definition) is 1. The van der Waals surface area contributed by atoms with Crippen molar-refractivity contribution in [1.82, 2.24) is 9.55 Å². The zero-order valence-electron chi connectivity index (χ0n) is 8.85. The topological polar surface area (TPSA) is 17.8 Å². The summed E-state index contributed by atoms with van der Waals surface area (Å²) >= 11 is 3.60. The molecule has 0 radical (unpaired) electrons. The lowest BCUT2D eigenvalue weighted by Gasteiger charge is -2.04. The van der Waals surface area contributed by atoms with Gasteiger partial charge in [-0.25, -0.2) is 4.98 Å². The van der Waals surface area contributed by atoms with E-state index in [2.05, 4.69) is 45.4 Å². The second-order valence-electron chi connectivity index (χ2n) is 3.72. The average Bonchev–Trinajstić information content (AvgIpc) is 2.42. The molecule has 0 saturated heterocycles. The van der Waals surface area contributed by atoms with E-state index in [1.165, 1.54) is 16.6 Å². The number of hydrogen-bond donors (Lipinski definition) is 0. The van der Waals surface area contributed by atoms with Gasteiger partial charge in [-0.15, -0.1) is 0 Å². The molecule has 1 heterocycles. The molecule has 0 N–H and O–H groups in total. The lowest BCUT2D eigenvalue weighted by Crippen LogP contribution is -1.91. The summed E-state index contributed by atoms with van der Waals surface area (Å²) in [5.74, 6) is 1.05. The summed E-state index contributed by atoms with van der Waals surface area (Å²) < 4.78 is 3.24. The Morgan fingerprint density at radius 3 is 2.57 bits per heavy atom. The van der Waals surface area contributed by atoms with Crippen molar-refractivity contribution in [3.05, 3.63) is 27.5 Å². The molecule has 0 spiro atoms. The van der Waals surface area contributed by atoms with Gasteiger partial charge >= 0.3 is 0 Å². The van der Waals surface area contributed by atoms with Crippen LogP contribution in [0.5, 0.6) is 0 Å². The van der Waals surface area contributed by atoms with Crippen LogP contribution in [0.4, 0.5) is 0 Å². The molecule has 74 valence electrons. The number of benzene rings is 1. The Morgan fingerprint density at radius 1 is 1.29 bits per heavy atom. The maximum absolute atomic E-state index is 4.53. The number of halogens is 1. The SMILES string of the molecule is Cc1cc2c(nc(C)n2C)c(Br)c1C. The Balaban J connectivity index is 2.98. The van der Waals surface area contributed by atoms with E-state index in [0.29, 0.717) is 0 Å². The summed E-state index contributed by atoms with van der Waals surface area (Å²) in [6, 6.07) is 2.19. The van der Waals surface area contributed by atoms with Gasteiger partial charge in [-0.05, 0) is 53.9 Å². The minimum Gasteiger partial charge on any atom is -0.331 e. The molecule has 0 amide bonds. The van der Waals surface area contributed by atoms with Crippen LogP contribution in [-0.2, 0) is 7.05 Å². The van der Waals surface area contributed by atoms with E-state index < -0.39 is 0 Å². The minimum absolute atomic E-state index is 1.05. The van der Waals surface area contributed by atoms with Crippen molar-refractivity contribution in [2.45, 2.75) is 20.8 Å². The number of nitrogens with zero attached hydrogens (tertiary/aromatic N) is 2. The van der Waals surface area contributed by atoms with Gasteiger partial charge in [0.1, 0.15) is 11.3 Å². The van der Waals surface area contributed by atoms with Gasteiger partial charge in [0.2, 0.25) is 0 Å². The molecule has 0 aliphatic rings. The van der Waals surface area contributed by atoms with E-state index in [0.717, 1.165) is 15.8 Å². The first-order valence-corrected chi connectivity index (χ1v) is 5.40. The third kappa shape index (κ3) is 1.19. The molecule has 1 aromatic heterocycles. The van der Waals surface area contributed by atoms with Crippen molar-refractivity contribution >= 4 is 27.0 Å². The number of rotatable bonds is 0. The predicted molar refractivity (Wildman–Crippen MR) is 62.6 cm³/mol. The molecule has 0 atom stereocenters. The van der Waals surface area contributed by atoms with Crippen molar-refractivity contribution in [2.75, 3.05) is 0 Å². The van der Waals surface area contributed by atoms with Gasteiger partial charge in [-0.3, -0.25) is 0 Å². The highest BCUT2D eigenvalue weighted by molar-refractivity contribution is 9.10. The molecule has 0 unspecified atom stereocenters. The van der Waals surface area contributed by atoms with Crippen LogP contribution in [0.25, 0.3) is 11.0 Å². The second-order valence-corrected chi connectivity index (χ2v) is 4.51. The standard InChI is InChI=1S/C11H13BrN2/c1-6-5-9-11(10(12)7(6)2)13-8(3)14(9)4/h5H,1-4H3. The highest BCUT2D eigenvalue weighted by Gasteiger charge is 2.10. The zero-order chi connectivity index (χ0) is 10.5.